The van der Waals surface area contributed by atoms with E-state index in [0.29, 0.717) is 44.5 Å². The van der Waals surface area contributed by atoms with Crippen LogP contribution >= 0.6 is 0 Å². The smallest absolute Gasteiger partial charge is 0.254 e. The highest BCUT2D eigenvalue weighted by Gasteiger charge is 2.24. The van der Waals surface area contributed by atoms with Gasteiger partial charge in [0.25, 0.3) is 5.56 Å². The Morgan fingerprint density at radius 2 is 2.19 bits per heavy atom. The third kappa shape index (κ3) is 4.11. The van der Waals surface area contributed by atoms with Crippen molar-refractivity contribution in [3.63, 3.8) is 0 Å². The number of hydrogen-bond acceptors (Lipinski definition) is 8. The second-order valence-electron chi connectivity index (χ2n) is 7.74. The zero-order valence-corrected chi connectivity index (χ0v) is 17.9. The van der Waals surface area contributed by atoms with Crippen LogP contribution in [-0.2, 0) is 35.5 Å². The molecule has 168 valence electrons. The van der Waals surface area contributed by atoms with E-state index in [4.69, 9.17) is 18.9 Å². The molecule has 1 N–H and O–H groups in total. The second-order valence-corrected chi connectivity index (χ2v) is 7.74. The van der Waals surface area contributed by atoms with E-state index in [2.05, 4.69) is 27.5 Å². The molecule has 0 amide bonds. The van der Waals surface area contributed by atoms with Gasteiger partial charge in [-0.25, -0.2) is 0 Å². The number of aryl methyl sites for hydroxylation is 1. The van der Waals surface area contributed by atoms with E-state index in [1.54, 1.807) is 6.07 Å². The summed E-state index contributed by atoms with van der Waals surface area (Å²) in [5.41, 5.74) is 4.03. The predicted molar refractivity (Wildman–Crippen MR) is 114 cm³/mol. The molecule has 3 aromatic rings. The van der Waals surface area contributed by atoms with E-state index in [0.717, 1.165) is 41.0 Å². The van der Waals surface area contributed by atoms with Crippen LogP contribution in [0.4, 0.5) is 0 Å². The number of hydrogen-bond donors (Lipinski definition) is 1. The van der Waals surface area contributed by atoms with E-state index in [-0.39, 0.29) is 18.3 Å². The van der Waals surface area contributed by atoms with Gasteiger partial charge in [0.1, 0.15) is 24.2 Å². The minimum absolute atomic E-state index is 0.0592. The topological polar surface area (TPSA) is 113 Å². The van der Waals surface area contributed by atoms with E-state index in [9.17, 15) is 4.79 Å². The van der Waals surface area contributed by atoms with E-state index in [1.165, 1.54) is 0 Å². The molecule has 0 aliphatic carbocycles. The van der Waals surface area contributed by atoms with Crippen LogP contribution in [0.1, 0.15) is 23.9 Å². The molecule has 10 nitrogen and oxygen atoms in total. The minimum Gasteiger partial charge on any atom is -0.490 e. The average Bonchev–Trinajstić information content (AvgIpc) is 3.35. The lowest BCUT2D eigenvalue weighted by atomic mass is 9.93. The van der Waals surface area contributed by atoms with Gasteiger partial charge in [0.2, 0.25) is 5.82 Å². The number of nitrogens with one attached hydrogen (secondary N) is 1. The van der Waals surface area contributed by atoms with Crippen LogP contribution in [0.2, 0.25) is 0 Å². The zero-order chi connectivity index (χ0) is 21.9. The number of ether oxygens (including phenoxy) is 4. The Bertz CT molecular complexity index is 1140. The summed E-state index contributed by atoms with van der Waals surface area (Å²) in [7, 11) is 0. The molecule has 0 bridgehead atoms. The predicted octanol–water partition coefficient (Wildman–Crippen LogP) is 1.52. The van der Waals surface area contributed by atoms with Crippen LogP contribution in [-0.4, -0.2) is 57.7 Å². The number of pyridine rings is 1. The molecule has 2 aromatic heterocycles. The molecule has 0 saturated carbocycles. The Morgan fingerprint density at radius 3 is 2.97 bits per heavy atom. The van der Waals surface area contributed by atoms with Crippen LogP contribution in [0, 0.1) is 0 Å². The maximum atomic E-state index is 12.9. The van der Waals surface area contributed by atoms with Crippen LogP contribution < -0.4 is 15.0 Å². The number of fused-ring (bicyclic) bond motifs is 3. The number of aromatic nitrogens is 5. The molecular formula is C22H25N5O5. The number of nitrogens with zero attached hydrogens (tertiary/aromatic N) is 4. The molecule has 4 heterocycles. The van der Waals surface area contributed by atoms with Crippen molar-refractivity contribution in [2.45, 2.75) is 39.0 Å². The Kier molecular flexibility index (Phi) is 5.87. The van der Waals surface area contributed by atoms with Gasteiger partial charge in [-0.2, -0.15) is 5.21 Å². The summed E-state index contributed by atoms with van der Waals surface area (Å²) in [6.45, 7) is 4.94. The van der Waals surface area contributed by atoms with Gasteiger partial charge in [0.05, 0.1) is 25.5 Å². The molecule has 1 atom stereocenters. The minimum atomic E-state index is -0.126. The van der Waals surface area contributed by atoms with Crippen LogP contribution in [0.25, 0.3) is 11.3 Å². The SMILES string of the molecule is CCc1c(OC[C@@H]2COCCO2)cc(=O)n2c1-c1ccc(OCc3nn[nH]n3)cc1CC2. The monoisotopic (exact) mass is 439 g/mol. The van der Waals surface area contributed by atoms with E-state index < -0.39 is 0 Å². The quantitative estimate of drug-likeness (QED) is 0.590. The van der Waals surface area contributed by atoms with Crippen molar-refractivity contribution in [2.24, 2.45) is 0 Å². The lowest BCUT2D eigenvalue weighted by molar-refractivity contribution is -0.101. The summed E-state index contributed by atoms with van der Waals surface area (Å²) >= 11 is 0. The number of benzene rings is 1. The number of H-pyrrole nitrogens is 1. The number of tetrazole rings is 1. The first-order valence-electron chi connectivity index (χ1n) is 10.8. The summed E-state index contributed by atoms with van der Waals surface area (Å²) < 4.78 is 24.8. The Morgan fingerprint density at radius 1 is 1.25 bits per heavy atom. The molecule has 2 aliphatic heterocycles. The van der Waals surface area contributed by atoms with Crippen molar-refractivity contribution < 1.29 is 18.9 Å². The second kappa shape index (κ2) is 9.09. The maximum Gasteiger partial charge on any atom is 0.254 e. The Hall–Kier alpha value is -3.24. The molecule has 5 rings (SSSR count). The molecule has 0 radical (unpaired) electrons. The van der Waals surface area contributed by atoms with Crippen molar-refractivity contribution in [1.29, 1.82) is 0 Å². The molecule has 0 unspecified atom stereocenters. The number of aromatic amines is 1. The summed E-state index contributed by atoms with van der Waals surface area (Å²) in [5, 5.41) is 13.7. The summed E-state index contributed by atoms with van der Waals surface area (Å²) in [5.74, 6) is 1.83. The lowest BCUT2D eigenvalue weighted by Crippen LogP contribution is -2.34. The third-order valence-corrected chi connectivity index (χ3v) is 5.73. The van der Waals surface area contributed by atoms with Gasteiger partial charge >= 0.3 is 0 Å². The largest absolute Gasteiger partial charge is 0.490 e. The van der Waals surface area contributed by atoms with Crippen molar-refractivity contribution >= 4 is 0 Å². The molecule has 10 heteroatoms. The fraction of sp³-hybridized carbons (Fsp3) is 0.455. The summed E-state index contributed by atoms with van der Waals surface area (Å²) in [6.07, 6.45) is 1.36. The van der Waals surface area contributed by atoms with Gasteiger partial charge < -0.3 is 23.5 Å². The van der Waals surface area contributed by atoms with E-state index >= 15 is 0 Å². The molecule has 1 fully saturated rings. The van der Waals surface area contributed by atoms with Crippen molar-refractivity contribution in [2.75, 3.05) is 26.4 Å². The molecular weight excluding hydrogens is 414 g/mol. The number of rotatable bonds is 7. The summed E-state index contributed by atoms with van der Waals surface area (Å²) in [6, 6.07) is 7.52. The maximum absolute atomic E-state index is 12.9. The molecule has 0 spiro atoms. The third-order valence-electron chi connectivity index (χ3n) is 5.73. The van der Waals surface area contributed by atoms with Gasteiger partial charge in [-0.3, -0.25) is 4.79 Å². The first kappa shape index (κ1) is 20.7. The molecule has 1 aromatic carbocycles. The first-order valence-corrected chi connectivity index (χ1v) is 10.8. The van der Waals surface area contributed by atoms with Gasteiger partial charge in [0.15, 0.2) is 6.61 Å². The average molecular weight is 439 g/mol. The van der Waals surface area contributed by atoms with Gasteiger partial charge in [-0.1, -0.05) is 12.1 Å². The van der Waals surface area contributed by atoms with Crippen molar-refractivity contribution in [1.82, 2.24) is 25.2 Å². The molecule has 32 heavy (non-hydrogen) atoms. The first-order chi connectivity index (χ1) is 15.7. The normalized spacial score (nSPS) is 17.5. The Balaban J connectivity index is 1.43. The standard InChI is InChI=1S/C22H25N5O5/c1-2-17-19(32-12-16-11-29-7-8-30-16)10-21(28)27-6-5-14-9-15(3-4-18(14)22(17)27)31-13-20-23-25-26-24-20/h3-4,9-10,16H,2,5-8,11-13H2,1H3,(H,23,24,25,26)/t16-/m0/s1. The fourth-order valence-corrected chi connectivity index (χ4v) is 4.20. The Labute approximate surface area is 184 Å². The van der Waals surface area contributed by atoms with Crippen molar-refractivity contribution in [3.05, 3.63) is 51.6 Å². The van der Waals surface area contributed by atoms with Gasteiger partial charge in [-0.15, -0.1) is 10.2 Å². The van der Waals surface area contributed by atoms with Crippen LogP contribution in [0.3, 0.4) is 0 Å². The van der Waals surface area contributed by atoms with Gasteiger partial charge in [-0.05, 0) is 36.6 Å². The van der Waals surface area contributed by atoms with Crippen LogP contribution in [0.15, 0.2) is 29.1 Å². The molecule has 1 saturated heterocycles. The van der Waals surface area contributed by atoms with Crippen LogP contribution in [0.5, 0.6) is 11.5 Å². The highest BCUT2D eigenvalue weighted by Crippen LogP contribution is 2.37. The molecule has 2 aliphatic rings. The fourth-order valence-electron chi connectivity index (χ4n) is 4.20. The van der Waals surface area contributed by atoms with Crippen molar-refractivity contribution in [3.8, 4) is 22.8 Å². The van der Waals surface area contributed by atoms with Gasteiger partial charge in [0, 0.05) is 23.7 Å². The van der Waals surface area contributed by atoms with E-state index in [1.807, 2.05) is 22.8 Å². The summed E-state index contributed by atoms with van der Waals surface area (Å²) in [4.78, 5) is 12.9. The zero-order valence-electron chi connectivity index (χ0n) is 17.9. The highest BCUT2D eigenvalue weighted by atomic mass is 16.6. The highest BCUT2D eigenvalue weighted by molar-refractivity contribution is 5.72. The lowest BCUT2D eigenvalue weighted by Gasteiger charge is -2.27.